The van der Waals surface area contributed by atoms with Gasteiger partial charge in [0.1, 0.15) is 48.2 Å². The number of amides is 5. The van der Waals surface area contributed by atoms with Crippen LogP contribution in [0.2, 0.25) is 0 Å². The van der Waals surface area contributed by atoms with E-state index in [0.717, 1.165) is 0 Å². The maximum absolute atomic E-state index is 14.0. The molecular weight excluding hydrogens is 949 g/mol. The number of hydrogen-bond acceptors (Lipinski definition) is 17. The fraction of sp³-hybridized carbons (Fsp3) is 0.625. The number of carboxylic acid groups (broad SMARTS) is 1. The molecule has 32 heteroatoms. The number of imidazole rings is 1. The lowest BCUT2D eigenvalue weighted by molar-refractivity contribution is -0.142. The van der Waals surface area contributed by atoms with Crippen molar-refractivity contribution < 1.29 is 48.8 Å². The molecule has 72 heavy (non-hydrogen) atoms. The number of nitrogens with one attached hydrogen (secondary N) is 5. The van der Waals surface area contributed by atoms with Gasteiger partial charge in [-0.1, -0.05) is 6.42 Å². The second-order valence-corrected chi connectivity index (χ2v) is 16.6. The number of aliphatic hydroxyl groups is 2. The molecule has 3 heterocycles. The number of guanidine groups is 4. The van der Waals surface area contributed by atoms with Crippen LogP contribution in [0.25, 0.3) is 11.2 Å². The third-order valence-corrected chi connectivity index (χ3v) is 10.9. The first-order chi connectivity index (χ1) is 34.2. The summed E-state index contributed by atoms with van der Waals surface area (Å²) in [5, 5.41) is 44.3. The van der Waals surface area contributed by atoms with Crippen molar-refractivity contribution in [2.75, 3.05) is 38.5 Å². The quantitative estimate of drug-likeness (QED) is 0.0184. The van der Waals surface area contributed by atoms with Crippen LogP contribution < -0.4 is 78.2 Å². The zero-order valence-electron chi connectivity index (χ0n) is 39.8. The predicted molar refractivity (Wildman–Crippen MR) is 262 cm³/mol. The van der Waals surface area contributed by atoms with Crippen LogP contribution in [0.1, 0.15) is 83.3 Å². The molecular formula is C40H70N22O10. The van der Waals surface area contributed by atoms with E-state index >= 15 is 0 Å². The Kier molecular flexibility index (Phi) is 24.4. The summed E-state index contributed by atoms with van der Waals surface area (Å²) in [5.41, 5.74) is 49.8. The fourth-order valence-corrected chi connectivity index (χ4v) is 7.22. The lowest BCUT2D eigenvalue weighted by atomic mass is 10.0. The molecule has 0 saturated carbocycles. The van der Waals surface area contributed by atoms with Gasteiger partial charge >= 0.3 is 5.97 Å². The minimum Gasteiger partial charge on any atom is -0.480 e. The van der Waals surface area contributed by atoms with E-state index in [9.17, 15) is 44.1 Å². The number of unbranched alkanes of at least 4 members (excludes halogenated alkanes) is 2. The molecule has 0 bridgehead atoms. The van der Waals surface area contributed by atoms with Crippen LogP contribution in [-0.4, -0.2) is 169 Å². The van der Waals surface area contributed by atoms with Gasteiger partial charge in [-0.15, -0.1) is 0 Å². The maximum atomic E-state index is 14.0. The first kappa shape index (κ1) is 58.4. The van der Waals surface area contributed by atoms with Gasteiger partial charge in [0.15, 0.2) is 47.6 Å². The molecule has 1 saturated heterocycles. The van der Waals surface area contributed by atoms with Crippen molar-refractivity contribution in [2.24, 2.45) is 65.8 Å². The van der Waals surface area contributed by atoms with Crippen LogP contribution in [0.3, 0.4) is 0 Å². The molecule has 1 aliphatic rings. The topological polar surface area (TPSA) is 560 Å². The molecule has 0 aliphatic carbocycles. The number of carbonyl (C=O) groups is 6. The number of hydrogen-bond donors (Lipinski definition) is 17. The van der Waals surface area contributed by atoms with E-state index in [2.05, 4.69) is 61.5 Å². The Bertz CT molecular complexity index is 2240. The normalized spacial score (nSPS) is 17.8. The Morgan fingerprint density at radius 1 is 0.611 bits per heavy atom. The summed E-state index contributed by atoms with van der Waals surface area (Å²) in [6.07, 6.45) is -1.45. The molecule has 26 N–H and O–H groups in total. The standard InChI is InChI=1S/C40H70N22O10/c41-29-25-30(56-18-55-29)62(19-57-25)35-27(65)26(64)28(72-35)34(69)50-13-3-1-2-12-24(63)58-20(8-4-14-51-37(42)43)31(66)59-21(9-5-15-52-38(44)45)32(67)60-22(10-6-16-53-39(46)47)33(68)61-23(36(70)71)11-7-17-54-40(48)49/h18-23,26-28,35,64-65H,1-17H2,(H,50,69)(H,58,63)(H,59,66)(H,60,67)(H,61,68)(H,70,71)(H2,41,55,56)(H4,42,43,51)(H4,44,45,52)(H4,46,47,53)(H4,48,49,54)/t20-,21-,22-,23-,26+,27-,28+,35?/m1/s1. The molecule has 0 radical (unpaired) electrons. The molecule has 0 aromatic carbocycles. The van der Waals surface area contributed by atoms with Gasteiger partial charge in [-0.25, -0.2) is 19.7 Å². The van der Waals surface area contributed by atoms with Gasteiger partial charge in [-0.3, -0.25) is 48.5 Å². The number of aliphatic imine (C=N–C) groups is 4. The van der Waals surface area contributed by atoms with Gasteiger partial charge in [0.2, 0.25) is 23.6 Å². The van der Waals surface area contributed by atoms with Gasteiger partial charge in [-0.2, -0.15) is 0 Å². The number of carboxylic acids is 1. The SMILES string of the molecule is NC(N)=NCCC[C@@H](NC(=O)[C@@H](CCCN=C(N)N)NC(=O)[C@@H](CCCN=C(N)N)NC(=O)[C@@H](CCCN=C(N)N)NC(=O)CCCCCNC(=O)[C@H]1OC(n2cnc3c(N)ncnc32)[C@H](O)[C@@H]1O)C(=O)O. The van der Waals surface area contributed by atoms with Crippen molar-refractivity contribution in [2.45, 2.75) is 126 Å². The highest BCUT2D eigenvalue weighted by molar-refractivity contribution is 5.95. The molecule has 1 aliphatic heterocycles. The van der Waals surface area contributed by atoms with Gasteiger partial charge < -0.3 is 98.2 Å². The second kappa shape index (κ2) is 30.0. The number of nitrogens with zero attached hydrogens (tertiary/aromatic N) is 8. The first-order valence-corrected chi connectivity index (χ1v) is 23.1. The van der Waals surface area contributed by atoms with E-state index in [4.69, 9.17) is 56.3 Å². The minimum atomic E-state index is -1.58. The van der Waals surface area contributed by atoms with Crippen LogP contribution in [0.4, 0.5) is 5.82 Å². The van der Waals surface area contributed by atoms with E-state index in [1.807, 2.05) is 0 Å². The molecule has 32 nitrogen and oxygen atoms in total. The van der Waals surface area contributed by atoms with Crippen molar-refractivity contribution in [3.8, 4) is 0 Å². The summed E-state index contributed by atoms with van der Waals surface area (Å²) >= 11 is 0. The number of rotatable bonds is 32. The van der Waals surface area contributed by atoms with E-state index in [1.165, 1.54) is 17.2 Å². The minimum absolute atomic E-state index is 0.0296. The Hall–Kier alpha value is -7.87. The van der Waals surface area contributed by atoms with E-state index in [-0.39, 0.29) is 131 Å². The van der Waals surface area contributed by atoms with Crippen molar-refractivity contribution in [3.05, 3.63) is 12.7 Å². The smallest absolute Gasteiger partial charge is 0.326 e. The van der Waals surface area contributed by atoms with Gasteiger partial charge in [0.05, 0.1) is 6.33 Å². The molecule has 400 valence electrons. The number of anilines is 1. The van der Waals surface area contributed by atoms with Gasteiger partial charge in [-0.05, 0) is 64.2 Å². The maximum Gasteiger partial charge on any atom is 0.326 e. The highest BCUT2D eigenvalue weighted by Crippen LogP contribution is 2.32. The lowest BCUT2D eigenvalue weighted by Gasteiger charge is -2.26. The molecule has 0 spiro atoms. The van der Waals surface area contributed by atoms with Crippen molar-refractivity contribution >= 4 is 76.3 Å². The highest BCUT2D eigenvalue weighted by atomic mass is 16.6. The van der Waals surface area contributed by atoms with Gasteiger partial charge in [0.25, 0.3) is 5.91 Å². The molecule has 8 atom stereocenters. The number of aliphatic hydroxyl groups excluding tert-OH is 2. The number of aromatic nitrogens is 4. The summed E-state index contributed by atoms with van der Waals surface area (Å²) in [4.78, 5) is 108. The van der Waals surface area contributed by atoms with Crippen molar-refractivity contribution in [3.63, 3.8) is 0 Å². The second-order valence-electron chi connectivity index (χ2n) is 16.6. The fourth-order valence-electron chi connectivity index (χ4n) is 7.22. The number of fused-ring (bicyclic) bond motifs is 1. The van der Waals surface area contributed by atoms with Gasteiger partial charge in [0, 0.05) is 39.1 Å². The summed E-state index contributed by atoms with van der Waals surface area (Å²) in [7, 11) is 0. The number of ether oxygens (including phenoxy) is 1. The Labute approximate surface area is 413 Å². The van der Waals surface area contributed by atoms with Crippen molar-refractivity contribution in [1.82, 2.24) is 46.1 Å². The van der Waals surface area contributed by atoms with Crippen LogP contribution >= 0.6 is 0 Å². The largest absolute Gasteiger partial charge is 0.480 e. The average Bonchev–Trinajstić information content (AvgIpc) is 3.88. The molecule has 2 aromatic rings. The predicted octanol–water partition coefficient (Wildman–Crippen LogP) is -7.06. The molecule has 2 aromatic heterocycles. The zero-order chi connectivity index (χ0) is 53.3. The molecule has 3 rings (SSSR count). The summed E-state index contributed by atoms with van der Waals surface area (Å²) < 4.78 is 7.07. The van der Waals surface area contributed by atoms with Crippen LogP contribution in [0, 0.1) is 0 Å². The van der Waals surface area contributed by atoms with E-state index in [0.29, 0.717) is 19.3 Å². The first-order valence-electron chi connectivity index (χ1n) is 23.1. The molecule has 5 amide bonds. The number of carbonyl (C=O) groups excluding carboxylic acids is 5. The Morgan fingerprint density at radius 3 is 1.54 bits per heavy atom. The van der Waals surface area contributed by atoms with Crippen LogP contribution in [0.5, 0.6) is 0 Å². The van der Waals surface area contributed by atoms with E-state index in [1.54, 1.807) is 0 Å². The number of nitrogens with two attached hydrogens (primary N) is 9. The summed E-state index contributed by atoms with van der Waals surface area (Å²) in [6, 6.07) is -5.24. The molecule has 1 unspecified atom stereocenters. The van der Waals surface area contributed by atoms with Crippen LogP contribution in [-0.2, 0) is 33.5 Å². The summed E-state index contributed by atoms with van der Waals surface area (Å²) in [6.45, 7) is 0.452. The monoisotopic (exact) mass is 1020 g/mol. The molecule has 1 fully saturated rings. The lowest BCUT2D eigenvalue weighted by Crippen LogP contribution is -2.57. The van der Waals surface area contributed by atoms with Crippen molar-refractivity contribution in [1.29, 1.82) is 0 Å². The third kappa shape index (κ3) is 19.9. The Balaban J connectivity index is 1.66. The summed E-state index contributed by atoms with van der Waals surface area (Å²) in [5.74, 6) is -5.70. The average molecular weight is 1020 g/mol. The zero-order valence-corrected chi connectivity index (χ0v) is 39.8. The van der Waals surface area contributed by atoms with E-state index < -0.39 is 84.2 Å². The third-order valence-electron chi connectivity index (χ3n) is 10.9. The highest BCUT2D eigenvalue weighted by Gasteiger charge is 2.47. The number of nitrogen functional groups attached to an aromatic ring is 1. The Morgan fingerprint density at radius 2 is 1.07 bits per heavy atom. The number of aliphatic carboxylic acids is 1. The van der Waals surface area contributed by atoms with Crippen LogP contribution in [0.15, 0.2) is 32.6 Å².